The molecule has 6 nitrogen and oxygen atoms in total. The van der Waals surface area contributed by atoms with Crippen LogP contribution in [0.4, 0.5) is 4.39 Å². The number of esters is 2. The molecular weight excluding hydrogens is 523 g/mol. The van der Waals surface area contributed by atoms with Crippen LogP contribution in [0.2, 0.25) is 0 Å². The minimum Gasteiger partial charge on any atom is -0.405 e. The zero-order chi connectivity index (χ0) is 29.6. The fraction of sp³-hybridized carbons (Fsp3) is 0.0588. The van der Waals surface area contributed by atoms with Crippen molar-refractivity contribution in [3.8, 4) is 59.6 Å². The van der Waals surface area contributed by atoms with Crippen LogP contribution >= 0.6 is 0 Å². The Bertz CT molecular complexity index is 1740. The summed E-state index contributed by atoms with van der Waals surface area (Å²) >= 11 is 0. The van der Waals surface area contributed by atoms with Gasteiger partial charge in [0.15, 0.2) is 24.4 Å². The first-order valence-electron chi connectivity index (χ1n) is 11.8. The van der Waals surface area contributed by atoms with Gasteiger partial charge in [0.05, 0.1) is 5.56 Å². The van der Waals surface area contributed by atoms with E-state index in [0.29, 0.717) is 28.2 Å². The highest BCUT2D eigenvalue weighted by atomic mass is 19.1. The molecule has 0 bridgehead atoms. The Labute approximate surface area is 237 Å². The molecule has 0 atom stereocenters. The molecule has 0 saturated heterocycles. The van der Waals surface area contributed by atoms with E-state index in [1.54, 1.807) is 60.7 Å². The molecule has 200 valence electrons. The van der Waals surface area contributed by atoms with Crippen molar-refractivity contribution < 1.29 is 32.9 Å². The summed E-state index contributed by atoms with van der Waals surface area (Å²) in [4.78, 5) is 22.5. The van der Waals surface area contributed by atoms with Crippen molar-refractivity contribution in [1.29, 1.82) is 0 Å². The molecule has 0 aliphatic heterocycles. The number of carbonyl (C=O) groups excluding carboxylic acids is 2. The van der Waals surface area contributed by atoms with E-state index in [4.69, 9.17) is 9.47 Å². The third kappa shape index (κ3) is 9.91. The molecular formula is C34H21FO6. The predicted molar refractivity (Wildman–Crippen MR) is 150 cm³/mol. The fourth-order valence-electron chi connectivity index (χ4n) is 2.66. The number of carbonyl (C=O) groups is 2. The highest BCUT2D eigenvalue weighted by molar-refractivity contribution is 5.88. The molecule has 7 heteroatoms. The third-order valence-electron chi connectivity index (χ3n) is 4.78. The highest BCUT2D eigenvalue weighted by Crippen LogP contribution is 2.14. The Kier molecular flexibility index (Phi) is 10.5. The minimum absolute atomic E-state index is 0.220. The summed E-state index contributed by atoms with van der Waals surface area (Å²) in [6.45, 7) is 9.91. The molecule has 0 radical (unpaired) electrons. The van der Waals surface area contributed by atoms with Gasteiger partial charge < -0.3 is 18.9 Å². The lowest BCUT2D eigenvalue weighted by Gasteiger charge is -1.98. The van der Waals surface area contributed by atoms with Gasteiger partial charge in [-0.25, -0.2) is 14.0 Å². The van der Waals surface area contributed by atoms with Crippen LogP contribution in [0.15, 0.2) is 91.0 Å². The van der Waals surface area contributed by atoms with Crippen LogP contribution in [0, 0.1) is 53.9 Å². The third-order valence-corrected chi connectivity index (χ3v) is 4.78. The van der Waals surface area contributed by atoms with Crippen LogP contribution in [0.3, 0.4) is 0 Å². The smallest absolute Gasteiger partial charge is 0.347 e. The van der Waals surface area contributed by atoms with Gasteiger partial charge in [-0.05, 0) is 80.6 Å². The Morgan fingerprint density at radius 1 is 0.610 bits per heavy atom. The largest absolute Gasteiger partial charge is 0.405 e. The average molecular weight is 545 g/mol. The molecule has 0 spiro atoms. The topological polar surface area (TPSA) is 71.1 Å². The van der Waals surface area contributed by atoms with Crippen LogP contribution in [0.5, 0.6) is 11.5 Å². The van der Waals surface area contributed by atoms with Gasteiger partial charge in [-0.15, -0.1) is 0 Å². The van der Waals surface area contributed by atoms with E-state index in [1.165, 1.54) is 19.9 Å². The van der Waals surface area contributed by atoms with Crippen molar-refractivity contribution in [2.24, 2.45) is 0 Å². The summed E-state index contributed by atoms with van der Waals surface area (Å²) < 4.78 is 34.2. The van der Waals surface area contributed by atoms with Gasteiger partial charge in [-0.3, -0.25) is 0 Å². The van der Waals surface area contributed by atoms with E-state index in [9.17, 15) is 14.0 Å². The Balaban J connectivity index is 1.56. The van der Waals surface area contributed by atoms with E-state index in [-0.39, 0.29) is 16.7 Å². The highest BCUT2D eigenvalue weighted by Gasteiger charge is 2.02. The maximum absolute atomic E-state index is 14.6. The Morgan fingerprint density at radius 2 is 1.02 bits per heavy atom. The molecule has 0 heterocycles. The summed E-state index contributed by atoms with van der Waals surface area (Å²) in [5, 5.41) is 0. The first kappa shape index (κ1) is 29.4. The normalized spacial score (nSPS) is 8.95. The SMILES string of the molecule is C=C(C)C(=O)OC#COc1ccc(C#Cc2ccc(C#Cc3ccc(OC#COC(=O)C(=C)C)cc3)c(F)c2)cc1. The molecule has 3 rings (SSSR count). The summed E-state index contributed by atoms with van der Waals surface area (Å²) in [5.74, 6) is 10.6. The maximum Gasteiger partial charge on any atom is 0.347 e. The molecule has 0 fully saturated rings. The van der Waals surface area contributed by atoms with E-state index >= 15 is 0 Å². The quantitative estimate of drug-likeness (QED) is 0.247. The number of benzene rings is 3. The van der Waals surface area contributed by atoms with Gasteiger partial charge in [0.1, 0.15) is 17.3 Å². The van der Waals surface area contributed by atoms with E-state index in [1.807, 2.05) is 0 Å². The van der Waals surface area contributed by atoms with Crippen LogP contribution < -0.4 is 9.47 Å². The van der Waals surface area contributed by atoms with Crippen molar-refractivity contribution in [2.45, 2.75) is 13.8 Å². The minimum atomic E-state index is -0.634. The number of halogens is 1. The fourth-order valence-corrected chi connectivity index (χ4v) is 2.66. The maximum atomic E-state index is 14.6. The van der Waals surface area contributed by atoms with Gasteiger partial charge in [-0.1, -0.05) is 36.8 Å². The second-order valence-corrected chi connectivity index (χ2v) is 8.20. The van der Waals surface area contributed by atoms with Crippen LogP contribution in [0.1, 0.15) is 36.1 Å². The predicted octanol–water partition coefficient (Wildman–Crippen LogP) is 5.46. The summed E-state index contributed by atoms with van der Waals surface area (Å²) in [5.41, 5.74) is 2.47. The number of hydrogen-bond donors (Lipinski definition) is 0. The lowest BCUT2D eigenvalue weighted by atomic mass is 10.1. The Hall–Kier alpha value is -6.15. The monoisotopic (exact) mass is 544 g/mol. The molecule has 41 heavy (non-hydrogen) atoms. The van der Waals surface area contributed by atoms with E-state index < -0.39 is 17.8 Å². The molecule has 0 saturated carbocycles. The van der Waals surface area contributed by atoms with Crippen LogP contribution in [0.25, 0.3) is 0 Å². The summed E-state index contributed by atoms with van der Waals surface area (Å²) in [6.07, 6.45) is 8.80. The second-order valence-electron chi connectivity index (χ2n) is 8.20. The first-order valence-corrected chi connectivity index (χ1v) is 11.8. The van der Waals surface area contributed by atoms with Crippen molar-refractivity contribution in [1.82, 2.24) is 0 Å². The van der Waals surface area contributed by atoms with Gasteiger partial charge >= 0.3 is 11.9 Å². The molecule has 0 unspecified atom stereocenters. The standard InChI is InChI=1S/C34H21FO6/c1-24(2)33(36)40-21-19-38-30-15-9-26(10-16-30)5-6-28-8-14-29(32(35)23-28)13-7-27-11-17-31(18-12-27)39-20-22-41-34(37)25(3)4/h8-12,14-18,23H,1,3H2,2,4H3. The molecule has 3 aromatic carbocycles. The molecule has 0 aliphatic rings. The van der Waals surface area contributed by atoms with Crippen molar-refractivity contribution in [3.05, 3.63) is 119 Å². The van der Waals surface area contributed by atoms with Crippen LogP contribution in [-0.2, 0) is 19.1 Å². The molecule has 0 aromatic heterocycles. The number of ether oxygens (including phenoxy) is 4. The van der Waals surface area contributed by atoms with Gasteiger partial charge in [0.2, 0.25) is 0 Å². The molecule has 3 aromatic rings. The number of rotatable bonds is 4. The lowest BCUT2D eigenvalue weighted by Crippen LogP contribution is -1.99. The van der Waals surface area contributed by atoms with Crippen molar-refractivity contribution >= 4 is 11.9 Å². The Morgan fingerprint density at radius 3 is 1.46 bits per heavy atom. The van der Waals surface area contributed by atoms with Gasteiger partial charge in [-0.2, -0.15) is 0 Å². The zero-order valence-corrected chi connectivity index (χ0v) is 22.1. The number of hydrogen-bond acceptors (Lipinski definition) is 6. The molecule has 0 amide bonds. The summed E-state index contributed by atoms with van der Waals surface area (Å²) in [6, 6.07) is 17.9. The second kappa shape index (κ2) is 14.7. The van der Waals surface area contributed by atoms with Crippen molar-refractivity contribution in [3.63, 3.8) is 0 Å². The first-order chi connectivity index (χ1) is 19.7. The lowest BCUT2D eigenvalue weighted by molar-refractivity contribution is -0.133. The average Bonchev–Trinajstić information content (AvgIpc) is 2.96. The van der Waals surface area contributed by atoms with E-state index in [2.05, 4.69) is 70.7 Å². The van der Waals surface area contributed by atoms with Gasteiger partial charge in [0.25, 0.3) is 0 Å². The van der Waals surface area contributed by atoms with Crippen molar-refractivity contribution in [2.75, 3.05) is 0 Å². The van der Waals surface area contributed by atoms with E-state index in [0.717, 1.165) is 0 Å². The van der Waals surface area contributed by atoms with Crippen LogP contribution in [-0.4, -0.2) is 11.9 Å². The zero-order valence-electron chi connectivity index (χ0n) is 22.1. The molecule has 0 N–H and O–H groups in total. The van der Waals surface area contributed by atoms with Gasteiger partial charge in [0, 0.05) is 27.8 Å². The molecule has 0 aliphatic carbocycles. The summed E-state index contributed by atoms with van der Waals surface area (Å²) in [7, 11) is 0.